The Balaban J connectivity index is 2.99. The minimum Gasteiger partial charge on any atom is -0.465 e. The lowest BCUT2D eigenvalue weighted by Crippen LogP contribution is -2.43. The molecule has 1 fully saturated rings. The molecule has 1 saturated carbocycles. The molecule has 1 aliphatic rings. The zero-order valence-corrected chi connectivity index (χ0v) is 11.4. The van der Waals surface area contributed by atoms with Gasteiger partial charge in [-0.25, -0.2) is 0 Å². The van der Waals surface area contributed by atoms with Gasteiger partial charge in [0.25, 0.3) is 0 Å². The van der Waals surface area contributed by atoms with E-state index in [1.807, 2.05) is 0 Å². The van der Waals surface area contributed by atoms with Gasteiger partial charge in [-0.15, -0.1) is 6.58 Å². The summed E-state index contributed by atoms with van der Waals surface area (Å²) in [6, 6.07) is 0. The SMILES string of the molecule is C=C[C@]1(N)C[C@]1(C(=O)OCC)C(=O)OC(C)(C)C. The molecule has 5 heteroatoms. The van der Waals surface area contributed by atoms with Crippen molar-refractivity contribution in [2.24, 2.45) is 11.1 Å². The lowest BCUT2D eigenvalue weighted by atomic mass is 9.99. The first kappa shape index (κ1) is 14.7. The first-order chi connectivity index (χ1) is 8.13. The number of carbonyl (C=O) groups is 2. The van der Waals surface area contributed by atoms with Crippen LogP contribution in [0.4, 0.5) is 0 Å². The molecule has 0 unspecified atom stereocenters. The van der Waals surface area contributed by atoms with Gasteiger partial charge in [0, 0.05) is 0 Å². The number of hydrogen-bond acceptors (Lipinski definition) is 5. The molecule has 0 aromatic carbocycles. The standard InChI is InChI=1S/C13H21NO4/c1-6-12(14)8-13(12,9(15)17-7-2)10(16)18-11(3,4)5/h6H,1,7-8,14H2,2-5H3/t12-,13-/m0/s1. The van der Waals surface area contributed by atoms with Crippen molar-refractivity contribution in [2.75, 3.05) is 6.61 Å². The third-order valence-electron chi connectivity index (χ3n) is 2.96. The molecule has 18 heavy (non-hydrogen) atoms. The average Bonchev–Trinajstić information content (AvgIpc) is 2.85. The van der Waals surface area contributed by atoms with Crippen molar-refractivity contribution in [3.8, 4) is 0 Å². The van der Waals surface area contributed by atoms with Gasteiger partial charge in [0.1, 0.15) is 5.60 Å². The summed E-state index contributed by atoms with van der Waals surface area (Å²) in [4.78, 5) is 24.2. The Morgan fingerprint density at radius 1 is 1.39 bits per heavy atom. The third-order valence-corrected chi connectivity index (χ3v) is 2.96. The van der Waals surface area contributed by atoms with Crippen molar-refractivity contribution in [2.45, 2.75) is 45.3 Å². The maximum absolute atomic E-state index is 12.2. The molecule has 0 saturated heterocycles. The molecular formula is C13H21NO4. The van der Waals surface area contributed by atoms with Gasteiger partial charge in [-0.2, -0.15) is 0 Å². The van der Waals surface area contributed by atoms with Crippen molar-refractivity contribution >= 4 is 11.9 Å². The second-order valence-electron chi connectivity index (χ2n) is 5.55. The molecule has 1 rings (SSSR count). The number of rotatable bonds is 4. The largest absolute Gasteiger partial charge is 0.465 e. The molecule has 0 radical (unpaired) electrons. The van der Waals surface area contributed by atoms with E-state index in [1.54, 1.807) is 27.7 Å². The summed E-state index contributed by atoms with van der Waals surface area (Å²) in [7, 11) is 0. The summed E-state index contributed by atoms with van der Waals surface area (Å²) in [6.07, 6.45) is 1.59. The van der Waals surface area contributed by atoms with Crippen molar-refractivity contribution in [3.63, 3.8) is 0 Å². The van der Waals surface area contributed by atoms with Crippen LogP contribution in [0, 0.1) is 5.41 Å². The molecular weight excluding hydrogens is 234 g/mol. The van der Waals surface area contributed by atoms with E-state index < -0.39 is 28.5 Å². The van der Waals surface area contributed by atoms with Crippen LogP contribution in [0.15, 0.2) is 12.7 Å². The predicted molar refractivity (Wildman–Crippen MR) is 66.6 cm³/mol. The highest BCUT2D eigenvalue weighted by molar-refractivity contribution is 6.07. The quantitative estimate of drug-likeness (QED) is 0.463. The molecule has 0 spiro atoms. The maximum Gasteiger partial charge on any atom is 0.326 e. The summed E-state index contributed by atoms with van der Waals surface area (Å²) in [5.74, 6) is -1.28. The van der Waals surface area contributed by atoms with Gasteiger partial charge in [-0.1, -0.05) is 6.08 Å². The third kappa shape index (κ3) is 2.27. The highest BCUT2D eigenvalue weighted by Gasteiger charge is 2.76. The highest BCUT2D eigenvalue weighted by atomic mass is 16.6. The lowest BCUT2D eigenvalue weighted by Gasteiger charge is -2.24. The van der Waals surface area contributed by atoms with Crippen LogP contribution in [-0.2, 0) is 19.1 Å². The van der Waals surface area contributed by atoms with E-state index in [0.717, 1.165) is 0 Å². The Bertz CT molecular complexity index is 385. The van der Waals surface area contributed by atoms with E-state index in [2.05, 4.69) is 6.58 Å². The minimum atomic E-state index is -1.43. The second-order valence-corrected chi connectivity index (χ2v) is 5.55. The van der Waals surface area contributed by atoms with Gasteiger partial charge < -0.3 is 15.2 Å². The van der Waals surface area contributed by atoms with Crippen molar-refractivity contribution in [1.82, 2.24) is 0 Å². The van der Waals surface area contributed by atoms with E-state index in [9.17, 15) is 9.59 Å². The van der Waals surface area contributed by atoms with Gasteiger partial charge in [0.15, 0.2) is 5.41 Å². The van der Waals surface area contributed by atoms with Gasteiger partial charge in [-0.05, 0) is 34.1 Å². The molecule has 0 heterocycles. The lowest BCUT2D eigenvalue weighted by molar-refractivity contribution is -0.172. The van der Waals surface area contributed by atoms with Crippen LogP contribution >= 0.6 is 0 Å². The van der Waals surface area contributed by atoms with Crippen LogP contribution in [0.25, 0.3) is 0 Å². The Morgan fingerprint density at radius 2 is 1.94 bits per heavy atom. The Labute approximate surface area is 107 Å². The highest BCUT2D eigenvalue weighted by Crippen LogP contribution is 2.57. The molecule has 0 amide bonds. The first-order valence-electron chi connectivity index (χ1n) is 5.96. The molecule has 1 aliphatic carbocycles. The van der Waals surface area contributed by atoms with Crippen LogP contribution in [0.1, 0.15) is 34.1 Å². The Morgan fingerprint density at radius 3 is 2.28 bits per heavy atom. The first-order valence-corrected chi connectivity index (χ1v) is 5.96. The smallest absolute Gasteiger partial charge is 0.326 e. The van der Waals surface area contributed by atoms with E-state index in [4.69, 9.17) is 15.2 Å². The number of carbonyl (C=O) groups excluding carboxylic acids is 2. The zero-order valence-electron chi connectivity index (χ0n) is 11.4. The van der Waals surface area contributed by atoms with E-state index in [-0.39, 0.29) is 13.0 Å². The van der Waals surface area contributed by atoms with Crippen LogP contribution in [0.3, 0.4) is 0 Å². The fourth-order valence-electron chi connectivity index (χ4n) is 1.87. The fraction of sp³-hybridized carbons (Fsp3) is 0.692. The molecule has 102 valence electrons. The van der Waals surface area contributed by atoms with Crippen LogP contribution in [0.5, 0.6) is 0 Å². The molecule has 0 bridgehead atoms. The summed E-state index contributed by atoms with van der Waals surface area (Å²) >= 11 is 0. The fourth-order valence-corrected chi connectivity index (χ4v) is 1.87. The topological polar surface area (TPSA) is 78.6 Å². The number of hydrogen-bond donors (Lipinski definition) is 1. The van der Waals surface area contributed by atoms with Crippen molar-refractivity contribution < 1.29 is 19.1 Å². The molecule has 0 aliphatic heterocycles. The van der Waals surface area contributed by atoms with Crippen LogP contribution in [0.2, 0.25) is 0 Å². The van der Waals surface area contributed by atoms with Gasteiger partial charge in [0.05, 0.1) is 12.1 Å². The summed E-state index contributed by atoms with van der Waals surface area (Å²) in [6.45, 7) is 10.6. The Hall–Kier alpha value is -1.36. The predicted octanol–water partition coefficient (Wildman–Crippen LogP) is 1.16. The molecule has 0 aromatic heterocycles. The number of nitrogens with two attached hydrogens (primary N) is 1. The molecule has 0 aromatic rings. The van der Waals surface area contributed by atoms with Crippen LogP contribution in [-0.4, -0.2) is 29.7 Å². The normalized spacial score (nSPS) is 30.5. The van der Waals surface area contributed by atoms with E-state index in [0.29, 0.717) is 0 Å². The van der Waals surface area contributed by atoms with Gasteiger partial charge >= 0.3 is 11.9 Å². The molecule has 2 N–H and O–H groups in total. The monoisotopic (exact) mass is 255 g/mol. The Kier molecular flexibility index (Phi) is 3.58. The summed E-state index contributed by atoms with van der Waals surface area (Å²) in [5.41, 5.74) is 2.78. The zero-order chi connectivity index (χ0) is 14.2. The van der Waals surface area contributed by atoms with Gasteiger partial charge in [-0.3, -0.25) is 9.59 Å². The minimum absolute atomic E-state index is 0.178. The molecule has 5 nitrogen and oxygen atoms in total. The van der Waals surface area contributed by atoms with E-state index in [1.165, 1.54) is 6.08 Å². The number of ether oxygens (including phenoxy) is 2. The van der Waals surface area contributed by atoms with Crippen molar-refractivity contribution in [1.29, 1.82) is 0 Å². The summed E-state index contributed by atoms with van der Waals surface area (Å²) in [5, 5.41) is 0. The average molecular weight is 255 g/mol. The molecule has 2 atom stereocenters. The second kappa shape index (κ2) is 4.39. The number of esters is 2. The van der Waals surface area contributed by atoms with E-state index >= 15 is 0 Å². The van der Waals surface area contributed by atoms with Gasteiger partial charge in [0.2, 0.25) is 0 Å². The summed E-state index contributed by atoms with van der Waals surface area (Å²) < 4.78 is 10.2. The maximum atomic E-state index is 12.2. The van der Waals surface area contributed by atoms with Crippen LogP contribution < -0.4 is 5.73 Å². The van der Waals surface area contributed by atoms with Crippen molar-refractivity contribution in [3.05, 3.63) is 12.7 Å².